The van der Waals surface area contributed by atoms with E-state index in [1.807, 2.05) is 0 Å². The van der Waals surface area contributed by atoms with Crippen molar-refractivity contribution in [2.24, 2.45) is 7.05 Å². The van der Waals surface area contributed by atoms with Crippen molar-refractivity contribution in [3.63, 3.8) is 0 Å². The van der Waals surface area contributed by atoms with Crippen LogP contribution in [0.4, 0.5) is 5.69 Å². The first-order valence-corrected chi connectivity index (χ1v) is 5.08. The third-order valence-electron chi connectivity index (χ3n) is 2.27. The molecule has 0 aromatic carbocycles. The van der Waals surface area contributed by atoms with E-state index in [9.17, 15) is 4.79 Å². The van der Waals surface area contributed by atoms with Crippen molar-refractivity contribution in [2.45, 2.75) is 19.8 Å². The molecule has 3 N–H and O–H groups in total. The number of anilines is 1. The normalized spacial score (nSPS) is 9.81. The van der Waals surface area contributed by atoms with Crippen molar-refractivity contribution in [2.75, 3.05) is 12.3 Å². The Morgan fingerprint density at radius 3 is 2.88 bits per heavy atom. The number of terminal acetylenes is 1. The fourth-order valence-corrected chi connectivity index (χ4v) is 1.42. The van der Waals surface area contributed by atoms with E-state index < -0.39 is 0 Å². The summed E-state index contributed by atoms with van der Waals surface area (Å²) in [6.45, 7) is 2.32. The fraction of sp³-hybridized carbons (Fsp3) is 0.455. The summed E-state index contributed by atoms with van der Waals surface area (Å²) in [5.74, 6) is 2.30. The highest BCUT2D eigenvalue weighted by Crippen LogP contribution is 2.14. The molecule has 1 aromatic heterocycles. The molecule has 1 rings (SSSR count). The summed E-state index contributed by atoms with van der Waals surface area (Å²) in [6, 6.07) is 0. The summed E-state index contributed by atoms with van der Waals surface area (Å²) in [5, 5.41) is 6.83. The number of unbranched alkanes of at least 4 members (excludes halogenated alkanes) is 1. The molecule has 1 aromatic rings. The number of carbonyl (C=O) groups excluding carboxylic acids is 1. The predicted octanol–water partition coefficient (Wildman–Crippen LogP) is 0.454. The summed E-state index contributed by atoms with van der Waals surface area (Å²) >= 11 is 0. The molecular weight excluding hydrogens is 204 g/mol. The highest BCUT2D eigenvalue weighted by atomic mass is 16.2. The second-order valence-electron chi connectivity index (χ2n) is 3.53. The van der Waals surface area contributed by atoms with Crippen LogP contribution in [0.1, 0.15) is 29.0 Å². The molecular formula is C11H16N4O. The van der Waals surface area contributed by atoms with Gasteiger partial charge in [-0.1, -0.05) is 0 Å². The van der Waals surface area contributed by atoms with Gasteiger partial charge in [0.15, 0.2) is 0 Å². The van der Waals surface area contributed by atoms with E-state index in [0.717, 1.165) is 6.42 Å². The zero-order valence-corrected chi connectivity index (χ0v) is 9.58. The lowest BCUT2D eigenvalue weighted by molar-refractivity contribution is 0.0945. The largest absolute Gasteiger partial charge is 0.395 e. The lowest BCUT2D eigenvalue weighted by Gasteiger charge is -2.04. The van der Waals surface area contributed by atoms with Crippen LogP contribution in [0.25, 0.3) is 0 Å². The number of aryl methyl sites for hydroxylation is 2. The third-order valence-corrected chi connectivity index (χ3v) is 2.27. The first-order valence-electron chi connectivity index (χ1n) is 5.08. The fourth-order valence-electron chi connectivity index (χ4n) is 1.42. The van der Waals surface area contributed by atoms with E-state index in [-0.39, 0.29) is 5.91 Å². The molecule has 0 saturated carbocycles. The molecule has 0 aliphatic heterocycles. The number of aromatic nitrogens is 2. The average molecular weight is 220 g/mol. The Morgan fingerprint density at radius 1 is 1.69 bits per heavy atom. The Labute approximate surface area is 95.0 Å². The van der Waals surface area contributed by atoms with Gasteiger partial charge in [0.25, 0.3) is 5.91 Å². The summed E-state index contributed by atoms with van der Waals surface area (Å²) in [5.41, 5.74) is 7.25. The zero-order valence-electron chi connectivity index (χ0n) is 9.58. The highest BCUT2D eigenvalue weighted by Gasteiger charge is 2.16. The molecule has 0 aliphatic rings. The second-order valence-corrected chi connectivity index (χ2v) is 3.53. The summed E-state index contributed by atoms with van der Waals surface area (Å²) < 4.78 is 1.49. The second kappa shape index (κ2) is 5.21. The predicted molar refractivity (Wildman–Crippen MR) is 62.8 cm³/mol. The minimum absolute atomic E-state index is 0.211. The van der Waals surface area contributed by atoms with Gasteiger partial charge in [-0.3, -0.25) is 9.48 Å². The van der Waals surface area contributed by atoms with Crippen LogP contribution in [0.15, 0.2) is 0 Å². The van der Waals surface area contributed by atoms with Crippen molar-refractivity contribution >= 4 is 11.6 Å². The molecule has 0 saturated heterocycles. The zero-order chi connectivity index (χ0) is 12.1. The van der Waals surface area contributed by atoms with E-state index in [2.05, 4.69) is 16.3 Å². The molecule has 16 heavy (non-hydrogen) atoms. The SMILES string of the molecule is C#CCCCNC(=O)c1c(N)c(C)nn1C. The van der Waals surface area contributed by atoms with Gasteiger partial charge < -0.3 is 11.1 Å². The molecule has 0 radical (unpaired) electrons. The monoisotopic (exact) mass is 220 g/mol. The van der Waals surface area contributed by atoms with Gasteiger partial charge in [0, 0.05) is 20.0 Å². The van der Waals surface area contributed by atoms with Crippen LogP contribution in [0.2, 0.25) is 0 Å². The minimum Gasteiger partial charge on any atom is -0.395 e. The maximum Gasteiger partial charge on any atom is 0.271 e. The van der Waals surface area contributed by atoms with Gasteiger partial charge in [0.2, 0.25) is 0 Å². The molecule has 5 heteroatoms. The van der Waals surface area contributed by atoms with Gasteiger partial charge in [-0.05, 0) is 13.3 Å². The molecule has 0 fully saturated rings. The van der Waals surface area contributed by atoms with Gasteiger partial charge >= 0.3 is 0 Å². The van der Waals surface area contributed by atoms with Crippen LogP contribution in [-0.2, 0) is 7.05 Å². The Hall–Kier alpha value is -1.96. The first kappa shape index (κ1) is 12.1. The molecule has 0 bridgehead atoms. The van der Waals surface area contributed by atoms with Gasteiger partial charge in [0.05, 0.1) is 11.4 Å². The van der Waals surface area contributed by atoms with Crippen molar-refractivity contribution in [1.29, 1.82) is 0 Å². The van der Waals surface area contributed by atoms with E-state index in [1.54, 1.807) is 14.0 Å². The van der Waals surface area contributed by atoms with Crippen LogP contribution in [0.3, 0.4) is 0 Å². The Balaban J connectivity index is 2.63. The molecule has 1 amide bonds. The van der Waals surface area contributed by atoms with E-state index >= 15 is 0 Å². The van der Waals surface area contributed by atoms with Crippen LogP contribution in [-0.4, -0.2) is 22.2 Å². The number of nitrogens with two attached hydrogens (primary N) is 1. The summed E-state index contributed by atoms with van der Waals surface area (Å²) in [6.07, 6.45) is 6.53. The topological polar surface area (TPSA) is 72.9 Å². The van der Waals surface area contributed by atoms with Crippen molar-refractivity contribution < 1.29 is 4.79 Å². The number of rotatable bonds is 4. The molecule has 0 spiro atoms. The summed E-state index contributed by atoms with van der Waals surface area (Å²) in [4.78, 5) is 11.8. The number of nitrogens with zero attached hydrogens (tertiary/aromatic N) is 2. The maximum absolute atomic E-state index is 11.8. The van der Waals surface area contributed by atoms with Gasteiger partial charge in [-0.25, -0.2) is 0 Å². The molecule has 0 aliphatic carbocycles. The lowest BCUT2D eigenvalue weighted by Crippen LogP contribution is -2.27. The van der Waals surface area contributed by atoms with Crippen LogP contribution in [0.5, 0.6) is 0 Å². The smallest absolute Gasteiger partial charge is 0.271 e. The number of hydrogen-bond donors (Lipinski definition) is 2. The average Bonchev–Trinajstić information content (AvgIpc) is 2.48. The number of nitrogen functional groups attached to an aromatic ring is 1. The number of amides is 1. The molecule has 0 unspecified atom stereocenters. The lowest BCUT2D eigenvalue weighted by atomic mass is 10.2. The van der Waals surface area contributed by atoms with E-state index in [1.165, 1.54) is 4.68 Å². The number of carbonyl (C=O) groups is 1. The molecule has 0 atom stereocenters. The van der Waals surface area contributed by atoms with Crippen LogP contribution < -0.4 is 11.1 Å². The maximum atomic E-state index is 11.8. The van der Waals surface area contributed by atoms with Gasteiger partial charge in [-0.2, -0.15) is 5.10 Å². The third kappa shape index (κ3) is 2.54. The molecule has 5 nitrogen and oxygen atoms in total. The first-order chi connectivity index (χ1) is 7.57. The Bertz CT molecular complexity index is 428. The number of nitrogens with one attached hydrogen (secondary N) is 1. The summed E-state index contributed by atoms with van der Waals surface area (Å²) in [7, 11) is 1.69. The van der Waals surface area contributed by atoms with Crippen molar-refractivity contribution in [3.8, 4) is 12.3 Å². The Kier molecular flexibility index (Phi) is 3.95. The minimum atomic E-state index is -0.211. The van der Waals surface area contributed by atoms with E-state index in [0.29, 0.717) is 30.0 Å². The van der Waals surface area contributed by atoms with Crippen molar-refractivity contribution in [3.05, 3.63) is 11.4 Å². The van der Waals surface area contributed by atoms with Crippen LogP contribution in [0, 0.1) is 19.3 Å². The molecule has 1 heterocycles. The number of hydrogen-bond acceptors (Lipinski definition) is 3. The Morgan fingerprint density at radius 2 is 2.38 bits per heavy atom. The highest BCUT2D eigenvalue weighted by molar-refractivity contribution is 5.97. The van der Waals surface area contributed by atoms with Crippen molar-refractivity contribution in [1.82, 2.24) is 15.1 Å². The quantitative estimate of drug-likeness (QED) is 0.571. The van der Waals surface area contributed by atoms with Gasteiger partial charge in [0.1, 0.15) is 5.69 Å². The standard InChI is InChI=1S/C11H16N4O/c1-4-5-6-7-13-11(16)10-9(12)8(2)14-15(10)3/h1H,5-7,12H2,2-3H3,(H,13,16). The van der Waals surface area contributed by atoms with Crippen LogP contribution >= 0.6 is 0 Å². The van der Waals surface area contributed by atoms with Gasteiger partial charge in [-0.15, -0.1) is 12.3 Å². The van der Waals surface area contributed by atoms with E-state index in [4.69, 9.17) is 12.2 Å². The molecule has 86 valence electrons.